The molecule has 0 unspecified atom stereocenters. The Morgan fingerprint density at radius 3 is 2.30 bits per heavy atom. The molecule has 1 atom stereocenters. The molecular weight excluding hydrogens is 427 g/mol. The van der Waals surface area contributed by atoms with Gasteiger partial charge in [-0.25, -0.2) is 9.97 Å². The van der Waals surface area contributed by atoms with Gasteiger partial charge in [0.05, 0.1) is 5.60 Å². The summed E-state index contributed by atoms with van der Waals surface area (Å²) in [5.74, 6) is 0.152. The Balaban J connectivity index is 1.57. The molecule has 33 heavy (non-hydrogen) atoms. The topological polar surface area (TPSA) is 58.0 Å². The predicted molar refractivity (Wildman–Crippen MR) is 123 cm³/mol. The van der Waals surface area contributed by atoms with Crippen molar-refractivity contribution >= 4 is 11.6 Å². The third kappa shape index (κ3) is 5.36. The van der Waals surface area contributed by atoms with Crippen LogP contribution >= 0.6 is 0 Å². The number of hydrogen-bond acceptors (Lipinski definition) is 4. The van der Waals surface area contributed by atoms with E-state index in [0.717, 1.165) is 60.2 Å². The molecule has 4 nitrogen and oxygen atoms in total. The third-order valence-corrected chi connectivity index (χ3v) is 6.48. The molecule has 0 spiro atoms. The van der Waals surface area contributed by atoms with Crippen LogP contribution in [0.3, 0.4) is 0 Å². The molecule has 1 saturated carbocycles. The molecule has 0 amide bonds. The SMILES string of the molecule is Cc1cc(Nc2nccc(C(F)(F)F)n2)cc(-c2ccc([C@](C)(O)C3CCCCC3)cc2)c1. The molecule has 1 aliphatic rings. The van der Waals surface area contributed by atoms with E-state index in [2.05, 4.69) is 15.3 Å². The van der Waals surface area contributed by atoms with E-state index in [4.69, 9.17) is 0 Å². The van der Waals surface area contributed by atoms with Crippen LogP contribution in [0.25, 0.3) is 11.1 Å². The van der Waals surface area contributed by atoms with Gasteiger partial charge in [-0.2, -0.15) is 13.2 Å². The summed E-state index contributed by atoms with van der Waals surface area (Å²) in [7, 11) is 0. The first kappa shape index (κ1) is 23.2. The average Bonchev–Trinajstić information content (AvgIpc) is 2.79. The van der Waals surface area contributed by atoms with Crippen LogP contribution in [0, 0.1) is 12.8 Å². The third-order valence-electron chi connectivity index (χ3n) is 6.48. The second-order valence-corrected chi connectivity index (χ2v) is 9.04. The van der Waals surface area contributed by atoms with Crippen molar-refractivity contribution in [1.29, 1.82) is 0 Å². The second-order valence-electron chi connectivity index (χ2n) is 9.04. The van der Waals surface area contributed by atoms with E-state index in [1.54, 1.807) is 0 Å². The number of alkyl halides is 3. The Kier molecular flexibility index (Phi) is 6.43. The molecule has 3 aromatic rings. The summed E-state index contributed by atoms with van der Waals surface area (Å²) in [6, 6.07) is 14.4. The Bertz CT molecular complexity index is 1100. The Hall–Kier alpha value is -2.93. The largest absolute Gasteiger partial charge is 0.433 e. The molecule has 0 radical (unpaired) electrons. The minimum Gasteiger partial charge on any atom is -0.385 e. The Labute approximate surface area is 191 Å². The van der Waals surface area contributed by atoms with Crippen molar-refractivity contribution in [3.63, 3.8) is 0 Å². The number of halogens is 3. The standard InChI is InChI=1S/C26H28F3N3O/c1-17-14-19(16-22(15-17)31-24-30-13-12-23(32-24)26(27,28)29)18-8-10-21(11-9-18)25(2,33)20-6-4-3-5-7-20/h8-16,20,33H,3-7H2,1-2H3,(H,30,31,32)/t25-/m1/s1. The maximum Gasteiger partial charge on any atom is 0.433 e. The van der Waals surface area contributed by atoms with Crippen LogP contribution in [-0.2, 0) is 11.8 Å². The van der Waals surface area contributed by atoms with Crippen LogP contribution in [0.1, 0.15) is 55.8 Å². The lowest BCUT2D eigenvalue weighted by Crippen LogP contribution is -2.33. The minimum atomic E-state index is -4.53. The molecule has 174 valence electrons. The number of nitrogens with zero attached hydrogens (tertiary/aromatic N) is 2. The van der Waals surface area contributed by atoms with Gasteiger partial charge in [0.25, 0.3) is 0 Å². The van der Waals surface area contributed by atoms with Gasteiger partial charge in [-0.1, -0.05) is 49.6 Å². The lowest BCUT2D eigenvalue weighted by Gasteiger charge is -2.36. The highest BCUT2D eigenvalue weighted by molar-refractivity contribution is 5.71. The highest BCUT2D eigenvalue weighted by atomic mass is 19.4. The summed E-state index contributed by atoms with van der Waals surface area (Å²) < 4.78 is 38.9. The van der Waals surface area contributed by atoms with Crippen molar-refractivity contribution in [2.75, 3.05) is 5.32 Å². The maximum absolute atomic E-state index is 13.0. The number of aromatic nitrogens is 2. The highest BCUT2D eigenvalue weighted by Crippen LogP contribution is 2.39. The van der Waals surface area contributed by atoms with Crippen LogP contribution in [-0.4, -0.2) is 15.1 Å². The van der Waals surface area contributed by atoms with Gasteiger partial charge in [0.15, 0.2) is 0 Å². The first-order valence-corrected chi connectivity index (χ1v) is 11.3. The summed E-state index contributed by atoms with van der Waals surface area (Å²) in [5.41, 5.74) is 2.46. The van der Waals surface area contributed by atoms with Crippen molar-refractivity contribution in [3.05, 3.63) is 71.5 Å². The highest BCUT2D eigenvalue weighted by Gasteiger charge is 2.34. The Morgan fingerprint density at radius 1 is 0.939 bits per heavy atom. The van der Waals surface area contributed by atoms with Gasteiger partial charge in [-0.3, -0.25) is 0 Å². The van der Waals surface area contributed by atoms with Crippen molar-refractivity contribution in [2.45, 2.75) is 57.7 Å². The molecular formula is C26H28F3N3O. The van der Waals surface area contributed by atoms with Gasteiger partial charge in [0.2, 0.25) is 5.95 Å². The summed E-state index contributed by atoms with van der Waals surface area (Å²) in [6.07, 6.45) is 2.20. The predicted octanol–water partition coefficient (Wildman–Crippen LogP) is 7.00. The number of aliphatic hydroxyl groups is 1. The number of hydrogen-bond donors (Lipinski definition) is 2. The van der Waals surface area contributed by atoms with Crippen LogP contribution in [0.5, 0.6) is 0 Å². The zero-order valence-electron chi connectivity index (χ0n) is 18.8. The lowest BCUT2D eigenvalue weighted by molar-refractivity contribution is -0.141. The molecule has 4 rings (SSSR count). The smallest absolute Gasteiger partial charge is 0.385 e. The molecule has 1 heterocycles. The molecule has 0 aliphatic heterocycles. The average molecular weight is 456 g/mol. The quantitative estimate of drug-likeness (QED) is 0.435. The van der Waals surface area contributed by atoms with E-state index in [1.165, 1.54) is 6.42 Å². The molecule has 1 aromatic heterocycles. The first-order valence-electron chi connectivity index (χ1n) is 11.3. The van der Waals surface area contributed by atoms with Gasteiger partial charge in [-0.15, -0.1) is 0 Å². The van der Waals surface area contributed by atoms with E-state index in [9.17, 15) is 18.3 Å². The fraction of sp³-hybridized carbons (Fsp3) is 0.385. The lowest BCUT2D eigenvalue weighted by atomic mass is 9.74. The minimum absolute atomic E-state index is 0.111. The maximum atomic E-state index is 13.0. The molecule has 1 aliphatic carbocycles. The number of benzene rings is 2. The van der Waals surface area contributed by atoms with Gasteiger partial charge < -0.3 is 10.4 Å². The zero-order chi connectivity index (χ0) is 23.6. The molecule has 2 N–H and O–H groups in total. The number of anilines is 2. The normalized spacial score (nSPS) is 16.9. The first-order chi connectivity index (χ1) is 15.6. The zero-order valence-corrected chi connectivity index (χ0v) is 18.8. The van der Waals surface area contributed by atoms with Crippen LogP contribution < -0.4 is 5.32 Å². The van der Waals surface area contributed by atoms with Gasteiger partial charge in [0, 0.05) is 11.9 Å². The molecule has 2 aromatic carbocycles. The van der Waals surface area contributed by atoms with Gasteiger partial charge in [-0.05, 0) is 73.1 Å². The summed E-state index contributed by atoms with van der Waals surface area (Å²) in [4.78, 5) is 7.49. The fourth-order valence-electron chi connectivity index (χ4n) is 4.63. The van der Waals surface area contributed by atoms with Crippen LogP contribution in [0.15, 0.2) is 54.7 Å². The van der Waals surface area contributed by atoms with Crippen molar-refractivity contribution in [3.8, 4) is 11.1 Å². The molecule has 1 fully saturated rings. The van der Waals surface area contributed by atoms with E-state index < -0.39 is 17.5 Å². The number of rotatable bonds is 5. The summed E-state index contributed by atoms with van der Waals surface area (Å²) in [6.45, 7) is 3.83. The molecule has 0 saturated heterocycles. The van der Waals surface area contributed by atoms with E-state index in [-0.39, 0.29) is 11.9 Å². The van der Waals surface area contributed by atoms with Crippen molar-refractivity contribution in [2.24, 2.45) is 5.92 Å². The number of aryl methyl sites for hydroxylation is 1. The van der Waals surface area contributed by atoms with Crippen LogP contribution in [0.4, 0.5) is 24.8 Å². The summed E-state index contributed by atoms with van der Waals surface area (Å²) >= 11 is 0. The second kappa shape index (κ2) is 9.14. The fourth-order valence-corrected chi connectivity index (χ4v) is 4.63. The van der Waals surface area contributed by atoms with Gasteiger partial charge >= 0.3 is 6.18 Å². The van der Waals surface area contributed by atoms with Crippen LogP contribution in [0.2, 0.25) is 0 Å². The summed E-state index contributed by atoms with van der Waals surface area (Å²) in [5, 5.41) is 14.1. The van der Waals surface area contributed by atoms with E-state index >= 15 is 0 Å². The monoisotopic (exact) mass is 455 g/mol. The molecule has 7 heteroatoms. The van der Waals surface area contributed by atoms with E-state index in [1.807, 2.05) is 56.3 Å². The van der Waals surface area contributed by atoms with Gasteiger partial charge in [0.1, 0.15) is 5.69 Å². The van der Waals surface area contributed by atoms with Crippen molar-refractivity contribution in [1.82, 2.24) is 9.97 Å². The van der Waals surface area contributed by atoms with Crippen molar-refractivity contribution < 1.29 is 18.3 Å². The van der Waals surface area contributed by atoms with E-state index in [0.29, 0.717) is 5.69 Å². The number of nitrogens with one attached hydrogen (secondary N) is 1. The Morgan fingerprint density at radius 2 is 1.64 bits per heavy atom. The molecule has 0 bridgehead atoms.